The first-order chi connectivity index (χ1) is 13.6. The molecule has 1 saturated heterocycles. The normalized spacial score (nSPS) is 30.2. The van der Waals surface area contributed by atoms with Crippen LogP contribution in [0.1, 0.15) is 56.9 Å². The lowest BCUT2D eigenvalue weighted by Gasteiger charge is -2.44. The van der Waals surface area contributed by atoms with Crippen molar-refractivity contribution in [3.8, 4) is 0 Å². The summed E-state index contributed by atoms with van der Waals surface area (Å²) in [6.07, 6.45) is 10.7. The Morgan fingerprint density at radius 2 is 1.86 bits per heavy atom. The van der Waals surface area contributed by atoms with Gasteiger partial charge in [-0.2, -0.15) is 0 Å². The zero-order chi connectivity index (χ0) is 19.5. The van der Waals surface area contributed by atoms with Crippen molar-refractivity contribution in [2.45, 2.75) is 68.7 Å². The Hall–Kier alpha value is -1.75. The summed E-state index contributed by atoms with van der Waals surface area (Å²) >= 11 is 1.71. The largest absolute Gasteiger partial charge is 0.353 e. The third-order valence-electron chi connectivity index (χ3n) is 6.48. The van der Waals surface area contributed by atoms with Gasteiger partial charge >= 0.3 is 0 Å². The monoisotopic (exact) mass is 398 g/mol. The number of carbonyl (C=O) groups is 2. The molecule has 150 valence electrons. The molecular formula is C23H30N2O2S. The lowest BCUT2D eigenvalue weighted by molar-refractivity contribution is -0.132. The van der Waals surface area contributed by atoms with Crippen molar-refractivity contribution in [3.05, 3.63) is 40.8 Å². The maximum Gasteiger partial charge on any atom is 0.260 e. The molecule has 2 saturated carbocycles. The third kappa shape index (κ3) is 4.29. The van der Waals surface area contributed by atoms with E-state index in [0.29, 0.717) is 11.3 Å². The zero-order valence-corrected chi connectivity index (χ0v) is 17.4. The highest BCUT2D eigenvalue weighted by atomic mass is 32.2. The molecule has 1 aromatic carbocycles. The van der Waals surface area contributed by atoms with Gasteiger partial charge in [-0.25, -0.2) is 0 Å². The van der Waals surface area contributed by atoms with E-state index in [4.69, 9.17) is 0 Å². The van der Waals surface area contributed by atoms with Gasteiger partial charge in [-0.1, -0.05) is 49.6 Å². The number of likely N-dealkylation sites (N-methyl/N-ethyl adjacent to an activating group) is 1. The molecule has 3 atom stereocenters. The highest BCUT2D eigenvalue weighted by Gasteiger charge is 2.43. The second-order valence-electron chi connectivity index (χ2n) is 8.41. The molecule has 2 aliphatic carbocycles. The molecule has 3 aliphatic rings. The standard InChI is InChI=1S/C23H30N2O2S/c1-25-19-15-17(22(26)24-18-10-6-3-7-11-18)12-13-20(19)28-21(23(25)27)14-16-8-4-2-5-9-16/h2,4-5,8-9,14,17-20H,3,6-7,10-13,15H2,1H3,(H,24,26)/b21-14+. The van der Waals surface area contributed by atoms with Crippen LogP contribution in [0.25, 0.3) is 6.08 Å². The van der Waals surface area contributed by atoms with Crippen LogP contribution in [-0.4, -0.2) is 41.1 Å². The van der Waals surface area contributed by atoms with E-state index in [1.54, 1.807) is 11.8 Å². The highest BCUT2D eigenvalue weighted by Crippen LogP contribution is 2.43. The lowest BCUT2D eigenvalue weighted by Crippen LogP contribution is -2.53. The number of fused-ring (bicyclic) bond motifs is 1. The molecule has 1 aliphatic heterocycles. The molecule has 0 spiro atoms. The summed E-state index contributed by atoms with van der Waals surface area (Å²) in [5.74, 6) is 0.337. The lowest BCUT2D eigenvalue weighted by atomic mass is 9.83. The predicted molar refractivity (Wildman–Crippen MR) is 115 cm³/mol. The van der Waals surface area contributed by atoms with Gasteiger partial charge in [0.2, 0.25) is 5.91 Å². The van der Waals surface area contributed by atoms with Gasteiger partial charge in [-0.15, -0.1) is 11.8 Å². The minimum absolute atomic E-state index is 0.0404. The number of nitrogens with zero attached hydrogens (tertiary/aromatic N) is 1. The van der Waals surface area contributed by atoms with E-state index >= 15 is 0 Å². The van der Waals surface area contributed by atoms with E-state index in [9.17, 15) is 9.59 Å². The molecule has 0 bridgehead atoms. The molecule has 28 heavy (non-hydrogen) atoms. The quantitative estimate of drug-likeness (QED) is 0.776. The second-order valence-corrected chi connectivity index (χ2v) is 9.69. The SMILES string of the molecule is CN1C(=O)/C(=C\c2ccccc2)SC2CCC(C(=O)NC3CCCCC3)CC21. The Morgan fingerprint density at radius 1 is 1.11 bits per heavy atom. The average Bonchev–Trinajstić information content (AvgIpc) is 2.73. The number of benzene rings is 1. The van der Waals surface area contributed by atoms with Gasteiger partial charge in [0, 0.05) is 30.3 Å². The molecule has 1 aromatic rings. The first-order valence-electron chi connectivity index (χ1n) is 10.6. The van der Waals surface area contributed by atoms with Gasteiger partial charge in [0.05, 0.1) is 4.91 Å². The minimum atomic E-state index is 0.0404. The topological polar surface area (TPSA) is 49.4 Å². The Balaban J connectivity index is 1.40. The van der Waals surface area contributed by atoms with Gasteiger partial charge in [-0.05, 0) is 43.7 Å². The van der Waals surface area contributed by atoms with Crippen LogP contribution >= 0.6 is 11.8 Å². The maximum absolute atomic E-state index is 12.9. The number of amides is 2. The first-order valence-corrected chi connectivity index (χ1v) is 11.5. The maximum atomic E-state index is 12.9. The first kappa shape index (κ1) is 19.6. The van der Waals surface area contributed by atoms with Crippen molar-refractivity contribution >= 4 is 29.7 Å². The molecule has 1 N–H and O–H groups in total. The van der Waals surface area contributed by atoms with Crippen molar-refractivity contribution in [3.63, 3.8) is 0 Å². The molecule has 4 rings (SSSR count). The molecule has 3 unspecified atom stereocenters. The van der Waals surface area contributed by atoms with Crippen LogP contribution in [0.2, 0.25) is 0 Å². The van der Waals surface area contributed by atoms with Crippen LogP contribution < -0.4 is 5.32 Å². The number of nitrogens with one attached hydrogen (secondary N) is 1. The Kier molecular flexibility index (Phi) is 6.10. The molecule has 4 nitrogen and oxygen atoms in total. The van der Waals surface area contributed by atoms with E-state index in [-0.39, 0.29) is 23.8 Å². The van der Waals surface area contributed by atoms with Gasteiger partial charge in [0.25, 0.3) is 5.91 Å². The van der Waals surface area contributed by atoms with E-state index < -0.39 is 0 Å². The minimum Gasteiger partial charge on any atom is -0.353 e. The second kappa shape index (κ2) is 8.73. The number of hydrogen-bond donors (Lipinski definition) is 1. The Bertz CT molecular complexity index is 742. The molecule has 2 amide bonds. The third-order valence-corrected chi connectivity index (χ3v) is 7.88. The average molecular weight is 399 g/mol. The van der Waals surface area contributed by atoms with Gasteiger partial charge < -0.3 is 10.2 Å². The van der Waals surface area contributed by atoms with Gasteiger partial charge in [0.1, 0.15) is 0 Å². The van der Waals surface area contributed by atoms with E-state index in [2.05, 4.69) is 5.32 Å². The van der Waals surface area contributed by atoms with Crippen LogP contribution in [0, 0.1) is 5.92 Å². The molecule has 5 heteroatoms. The summed E-state index contributed by atoms with van der Waals surface area (Å²) in [6, 6.07) is 10.5. The number of hydrogen-bond acceptors (Lipinski definition) is 3. The van der Waals surface area contributed by atoms with Crippen molar-refractivity contribution in [2.24, 2.45) is 5.92 Å². The van der Waals surface area contributed by atoms with Crippen molar-refractivity contribution in [2.75, 3.05) is 7.05 Å². The molecule has 0 radical (unpaired) electrons. The Labute approximate surface area is 172 Å². The van der Waals surface area contributed by atoms with E-state index in [1.165, 1.54) is 19.3 Å². The summed E-state index contributed by atoms with van der Waals surface area (Å²) < 4.78 is 0. The molecule has 1 heterocycles. The van der Waals surface area contributed by atoms with Crippen molar-refractivity contribution in [1.29, 1.82) is 0 Å². The highest BCUT2D eigenvalue weighted by molar-refractivity contribution is 8.04. The molecule has 0 aromatic heterocycles. The fourth-order valence-corrected chi connectivity index (χ4v) is 6.28. The van der Waals surface area contributed by atoms with Crippen LogP contribution in [0.5, 0.6) is 0 Å². The summed E-state index contributed by atoms with van der Waals surface area (Å²) in [6.45, 7) is 0. The van der Waals surface area contributed by atoms with Crippen molar-refractivity contribution in [1.82, 2.24) is 10.2 Å². The Morgan fingerprint density at radius 3 is 2.61 bits per heavy atom. The summed E-state index contributed by atoms with van der Waals surface area (Å²) in [5, 5.41) is 3.68. The summed E-state index contributed by atoms with van der Waals surface area (Å²) in [7, 11) is 1.90. The van der Waals surface area contributed by atoms with E-state index in [0.717, 1.165) is 42.6 Å². The van der Waals surface area contributed by atoms with Crippen LogP contribution in [0.4, 0.5) is 0 Å². The zero-order valence-electron chi connectivity index (χ0n) is 16.6. The van der Waals surface area contributed by atoms with Gasteiger partial charge in [0.15, 0.2) is 0 Å². The smallest absolute Gasteiger partial charge is 0.260 e. The fraction of sp³-hybridized carbons (Fsp3) is 0.565. The number of thioether (sulfide) groups is 1. The molecular weight excluding hydrogens is 368 g/mol. The molecule has 3 fully saturated rings. The van der Waals surface area contributed by atoms with Crippen LogP contribution in [-0.2, 0) is 9.59 Å². The predicted octanol–water partition coefficient (Wildman–Crippen LogP) is 4.22. The fourth-order valence-electron chi connectivity index (χ4n) is 4.80. The van der Waals surface area contributed by atoms with Gasteiger partial charge in [-0.3, -0.25) is 9.59 Å². The number of carbonyl (C=O) groups excluding carboxylic acids is 2. The summed E-state index contributed by atoms with van der Waals surface area (Å²) in [5.41, 5.74) is 1.06. The summed E-state index contributed by atoms with van der Waals surface area (Å²) in [4.78, 5) is 28.4. The van der Waals surface area contributed by atoms with Crippen LogP contribution in [0.3, 0.4) is 0 Å². The van der Waals surface area contributed by atoms with Crippen molar-refractivity contribution < 1.29 is 9.59 Å². The van der Waals surface area contributed by atoms with E-state index in [1.807, 2.05) is 48.4 Å². The number of rotatable bonds is 3. The van der Waals surface area contributed by atoms with Crippen LogP contribution in [0.15, 0.2) is 35.2 Å².